The average molecular weight is 244 g/mol. The van der Waals surface area contributed by atoms with Crippen LogP contribution in [0.4, 0.5) is 0 Å². The highest BCUT2D eigenvalue weighted by molar-refractivity contribution is 5.18. The van der Waals surface area contributed by atoms with Gasteiger partial charge >= 0.3 is 0 Å². The molecule has 18 heavy (non-hydrogen) atoms. The molecule has 0 aliphatic heterocycles. The van der Waals surface area contributed by atoms with Crippen LogP contribution in [0.2, 0.25) is 0 Å². The molecule has 0 radical (unpaired) electrons. The maximum Gasteiger partial charge on any atom is 0.164 e. The Morgan fingerprint density at radius 2 is 2.06 bits per heavy atom. The summed E-state index contributed by atoms with van der Waals surface area (Å²) in [5.41, 5.74) is 1.33. The molecule has 0 amide bonds. The van der Waals surface area contributed by atoms with E-state index in [2.05, 4.69) is 46.6 Å². The molecule has 0 saturated carbocycles. The Balaban J connectivity index is 1.98. The van der Waals surface area contributed by atoms with E-state index in [9.17, 15) is 0 Å². The highest BCUT2D eigenvalue weighted by Crippen LogP contribution is 2.18. The summed E-state index contributed by atoms with van der Waals surface area (Å²) >= 11 is 0. The van der Waals surface area contributed by atoms with Crippen LogP contribution in [0.15, 0.2) is 36.7 Å². The van der Waals surface area contributed by atoms with E-state index in [-0.39, 0.29) is 0 Å². The summed E-state index contributed by atoms with van der Waals surface area (Å²) in [7, 11) is 1.89. The van der Waals surface area contributed by atoms with Crippen molar-refractivity contribution in [2.75, 3.05) is 0 Å². The predicted octanol–water partition coefficient (Wildman–Crippen LogP) is 2.45. The number of rotatable bonds is 6. The standard InChI is InChI=1S/C14H20N4/c1-3-7-13(12-8-5-4-6-9-12)15-10-14-16-11-18(2)17-14/h4-6,8-9,11,13,15H,3,7,10H2,1-2H3. The maximum absolute atomic E-state index is 4.28. The average Bonchev–Trinajstić information content (AvgIpc) is 2.81. The van der Waals surface area contributed by atoms with Crippen molar-refractivity contribution in [3.05, 3.63) is 48.0 Å². The molecule has 0 spiro atoms. The Kier molecular flexibility index (Phi) is 4.47. The van der Waals surface area contributed by atoms with Gasteiger partial charge in [-0.3, -0.25) is 4.68 Å². The third-order valence-electron chi connectivity index (χ3n) is 2.93. The monoisotopic (exact) mass is 244 g/mol. The van der Waals surface area contributed by atoms with Crippen LogP contribution in [0.25, 0.3) is 0 Å². The van der Waals surface area contributed by atoms with Gasteiger partial charge in [-0.2, -0.15) is 5.10 Å². The van der Waals surface area contributed by atoms with Crippen molar-refractivity contribution in [1.82, 2.24) is 20.1 Å². The molecule has 2 aromatic rings. The van der Waals surface area contributed by atoms with E-state index < -0.39 is 0 Å². The topological polar surface area (TPSA) is 42.7 Å². The number of aryl methyl sites for hydroxylation is 1. The second kappa shape index (κ2) is 6.31. The fourth-order valence-electron chi connectivity index (χ4n) is 2.04. The number of nitrogens with one attached hydrogen (secondary N) is 1. The third-order valence-corrected chi connectivity index (χ3v) is 2.93. The van der Waals surface area contributed by atoms with Gasteiger partial charge in [0.1, 0.15) is 6.33 Å². The van der Waals surface area contributed by atoms with E-state index in [1.807, 2.05) is 13.1 Å². The minimum Gasteiger partial charge on any atom is -0.303 e. The lowest BCUT2D eigenvalue weighted by atomic mass is 10.0. The first-order chi connectivity index (χ1) is 8.79. The van der Waals surface area contributed by atoms with Gasteiger partial charge < -0.3 is 5.32 Å². The largest absolute Gasteiger partial charge is 0.303 e. The first-order valence-electron chi connectivity index (χ1n) is 6.42. The predicted molar refractivity (Wildman–Crippen MR) is 71.9 cm³/mol. The van der Waals surface area contributed by atoms with Gasteiger partial charge in [-0.15, -0.1) is 0 Å². The zero-order chi connectivity index (χ0) is 12.8. The van der Waals surface area contributed by atoms with Crippen molar-refractivity contribution in [3.63, 3.8) is 0 Å². The molecule has 0 fully saturated rings. The van der Waals surface area contributed by atoms with Crippen LogP contribution in [0.3, 0.4) is 0 Å². The molecular formula is C14H20N4. The summed E-state index contributed by atoms with van der Waals surface area (Å²) in [4.78, 5) is 4.23. The Hall–Kier alpha value is -1.68. The Labute approximate surface area is 108 Å². The van der Waals surface area contributed by atoms with Gasteiger partial charge in [0.2, 0.25) is 0 Å². The molecule has 1 unspecified atom stereocenters. The van der Waals surface area contributed by atoms with Gasteiger partial charge in [0, 0.05) is 13.1 Å². The van der Waals surface area contributed by atoms with Crippen molar-refractivity contribution < 1.29 is 0 Å². The SMILES string of the molecule is CCCC(NCc1ncn(C)n1)c1ccccc1. The van der Waals surface area contributed by atoms with Gasteiger partial charge in [0.25, 0.3) is 0 Å². The summed E-state index contributed by atoms with van der Waals surface area (Å²) in [6.45, 7) is 2.91. The molecule has 1 N–H and O–H groups in total. The summed E-state index contributed by atoms with van der Waals surface area (Å²) in [6.07, 6.45) is 4.01. The van der Waals surface area contributed by atoms with Gasteiger partial charge in [-0.1, -0.05) is 43.7 Å². The summed E-state index contributed by atoms with van der Waals surface area (Å²) in [6, 6.07) is 10.9. The smallest absolute Gasteiger partial charge is 0.164 e. The molecule has 2 rings (SSSR count). The first kappa shape index (κ1) is 12.8. The van der Waals surface area contributed by atoms with Crippen LogP contribution in [0.5, 0.6) is 0 Å². The molecule has 0 bridgehead atoms. The zero-order valence-electron chi connectivity index (χ0n) is 11.0. The normalized spacial score (nSPS) is 12.6. The van der Waals surface area contributed by atoms with Gasteiger partial charge in [0.15, 0.2) is 5.82 Å². The van der Waals surface area contributed by atoms with E-state index in [0.29, 0.717) is 12.6 Å². The van der Waals surface area contributed by atoms with E-state index in [1.54, 1.807) is 11.0 Å². The maximum atomic E-state index is 4.28. The minimum absolute atomic E-state index is 0.375. The van der Waals surface area contributed by atoms with Crippen LogP contribution in [0, 0.1) is 0 Å². The number of hydrogen-bond acceptors (Lipinski definition) is 3. The lowest BCUT2D eigenvalue weighted by molar-refractivity contribution is 0.484. The molecule has 0 aliphatic carbocycles. The summed E-state index contributed by atoms with van der Waals surface area (Å²) in [5.74, 6) is 0.842. The number of nitrogens with zero attached hydrogens (tertiary/aromatic N) is 3. The van der Waals surface area contributed by atoms with Crippen LogP contribution >= 0.6 is 0 Å². The van der Waals surface area contributed by atoms with Gasteiger partial charge in [-0.25, -0.2) is 4.98 Å². The number of aromatic nitrogens is 3. The Morgan fingerprint density at radius 1 is 1.28 bits per heavy atom. The van der Waals surface area contributed by atoms with E-state index in [1.165, 1.54) is 5.56 Å². The second-order valence-corrected chi connectivity index (χ2v) is 4.47. The fraction of sp³-hybridized carbons (Fsp3) is 0.429. The summed E-state index contributed by atoms with van der Waals surface area (Å²) < 4.78 is 1.73. The van der Waals surface area contributed by atoms with Gasteiger partial charge in [-0.05, 0) is 12.0 Å². The van der Waals surface area contributed by atoms with Crippen molar-refractivity contribution in [3.8, 4) is 0 Å². The van der Waals surface area contributed by atoms with Crippen molar-refractivity contribution in [2.45, 2.75) is 32.4 Å². The van der Waals surface area contributed by atoms with E-state index >= 15 is 0 Å². The lowest BCUT2D eigenvalue weighted by Gasteiger charge is -2.17. The first-order valence-corrected chi connectivity index (χ1v) is 6.42. The molecule has 4 heteroatoms. The third kappa shape index (κ3) is 3.40. The van der Waals surface area contributed by atoms with E-state index in [0.717, 1.165) is 18.7 Å². The van der Waals surface area contributed by atoms with Crippen LogP contribution in [-0.4, -0.2) is 14.8 Å². The lowest BCUT2D eigenvalue weighted by Crippen LogP contribution is -2.21. The molecule has 4 nitrogen and oxygen atoms in total. The van der Waals surface area contributed by atoms with Crippen LogP contribution in [-0.2, 0) is 13.6 Å². The highest BCUT2D eigenvalue weighted by Gasteiger charge is 2.10. The van der Waals surface area contributed by atoms with Crippen LogP contribution in [0.1, 0.15) is 37.2 Å². The Morgan fingerprint density at radius 3 is 2.67 bits per heavy atom. The minimum atomic E-state index is 0.375. The number of benzene rings is 1. The van der Waals surface area contributed by atoms with Crippen LogP contribution < -0.4 is 5.32 Å². The van der Waals surface area contributed by atoms with Crippen molar-refractivity contribution in [1.29, 1.82) is 0 Å². The zero-order valence-corrected chi connectivity index (χ0v) is 11.0. The molecule has 96 valence electrons. The molecule has 0 aliphatic rings. The Bertz CT molecular complexity index is 464. The molecule has 1 aromatic carbocycles. The highest BCUT2D eigenvalue weighted by atomic mass is 15.3. The second-order valence-electron chi connectivity index (χ2n) is 4.47. The molecule has 0 saturated heterocycles. The molecular weight excluding hydrogens is 224 g/mol. The molecule has 1 atom stereocenters. The number of hydrogen-bond donors (Lipinski definition) is 1. The fourth-order valence-corrected chi connectivity index (χ4v) is 2.04. The van der Waals surface area contributed by atoms with Crippen molar-refractivity contribution in [2.24, 2.45) is 7.05 Å². The molecule has 1 heterocycles. The van der Waals surface area contributed by atoms with E-state index in [4.69, 9.17) is 0 Å². The van der Waals surface area contributed by atoms with Crippen molar-refractivity contribution >= 4 is 0 Å². The molecule has 1 aromatic heterocycles. The quantitative estimate of drug-likeness (QED) is 0.848. The van der Waals surface area contributed by atoms with Gasteiger partial charge in [0.05, 0.1) is 6.54 Å². The summed E-state index contributed by atoms with van der Waals surface area (Å²) in [5, 5.41) is 7.81.